The van der Waals surface area contributed by atoms with Gasteiger partial charge in [0.25, 0.3) is 0 Å². The van der Waals surface area contributed by atoms with Crippen LogP contribution in [-0.2, 0) is 4.74 Å². The van der Waals surface area contributed by atoms with Gasteiger partial charge in [-0.15, -0.1) is 0 Å². The van der Waals surface area contributed by atoms with Crippen molar-refractivity contribution in [1.29, 1.82) is 0 Å². The smallest absolute Gasteiger partial charge is 0.194 e. The SMILES string of the molecule is COC(=S)c1c(C)nc(C)nc1-c1ccc(Cl)cc1Cl. The zero-order chi connectivity index (χ0) is 14.9. The lowest BCUT2D eigenvalue weighted by Crippen LogP contribution is -2.10. The third kappa shape index (κ3) is 2.92. The number of ether oxygens (including phenoxy) is 1. The van der Waals surface area contributed by atoms with Gasteiger partial charge in [0, 0.05) is 10.6 Å². The number of aromatic nitrogens is 2. The first-order valence-corrected chi connectivity index (χ1v) is 6.99. The van der Waals surface area contributed by atoms with Gasteiger partial charge in [0.1, 0.15) is 5.82 Å². The normalized spacial score (nSPS) is 10.4. The number of hydrogen-bond acceptors (Lipinski definition) is 4. The topological polar surface area (TPSA) is 35.0 Å². The van der Waals surface area contributed by atoms with Crippen molar-refractivity contribution in [3.05, 3.63) is 45.3 Å². The zero-order valence-corrected chi connectivity index (χ0v) is 13.5. The number of aryl methyl sites for hydroxylation is 2. The Bertz CT molecular complexity index is 689. The minimum absolute atomic E-state index is 0.337. The molecule has 0 aliphatic carbocycles. The molecule has 0 amide bonds. The molecule has 0 aliphatic rings. The Labute approximate surface area is 132 Å². The minimum atomic E-state index is 0.337. The molecule has 0 saturated heterocycles. The Morgan fingerprint density at radius 1 is 1.20 bits per heavy atom. The number of benzene rings is 1. The van der Waals surface area contributed by atoms with Gasteiger partial charge in [-0.2, -0.15) is 0 Å². The Morgan fingerprint density at radius 2 is 1.90 bits per heavy atom. The summed E-state index contributed by atoms with van der Waals surface area (Å²) < 4.78 is 5.17. The highest BCUT2D eigenvalue weighted by Gasteiger charge is 2.18. The highest BCUT2D eigenvalue weighted by molar-refractivity contribution is 7.80. The van der Waals surface area contributed by atoms with Crippen LogP contribution in [0.1, 0.15) is 17.1 Å². The van der Waals surface area contributed by atoms with Crippen LogP contribution >= 0.6 is 35.4 Å². The molecule has 1 aromatic heterocycles. The number of thiocarbonyl (C=S) groups is 1. The van der Waals surface area contributed by atoms with Crippen molar-refractivity contribution in [2.24, 2.45) is 0 Å². The Morgan fingerprint density at radius 3 is 2.50 bits per heavy atom. The summed E-state index contributed by atoms with van der Waals surface area (Å²) in [7, 11) is 1.52. The van der Waals surface area contributed by atoms with E-state index in [1.807, 2.05) is 19.9 Å². The fourth-order valence-electron chi connectivity index (χ4n) is 1.94. The van der Waals surface area contributed by atoms with E-state index in [4.69, 9.17) is 40.2 Å². The van der Waals surface area contributed by atoms with Crippen molar-refractivity contribution in [2.45, 2.75) is 13.8 Å². The summed E-state index contributed by atoms with van der Waals surface area (Å²) in [4.78, 5) is 8.79. The molecule has 0 atom stereocenters. The molecule has 0 unspecified atom stereocenters. The first kappa shape index (κ1) is 15.2. The minimum Gasteiger partial charge on any atom is -0.486 e. The van der Waals surface area contributed by atoms with Crippen LogP contribution in [0.5, 0.6) is 0 Å². The van der Waals surface area contributed by atoms with Crippen molar-refractivity contribution >= 4 is 40.5 Å². The molecule has 0 aliphatic heterocycles. The lowest BCUT2D eigenvalue weighted by Gasteiger charge is -2.13. The predicted molar refractivity (Wildman–Crippen MR) is 85.7 cm³/mol. The molecule has 2 aromatic rings. The third-order valence-corrected chi connectivity index (χ3v) is 3.70. The van der Waals surface area contributed by atoms with E-state index in [0.29, 0.717) is 32.2 Å². The van der Waals surface area contributed by atoms with Crippen molar-refractivity contribution in [3.63, 3.8) is 0 Å². The second-order valence-corrected chi connectivity index (χ2v) is 5.41. The van der Waals surface area contributed by atoms with E-state index in [2.05, 4.69) is 9.97 Å². The first-order valence-electron chi connectivity index (χ1n) is 5.83. The molecular formula is C14H12Cl2N2OS. The third-order valence-electron chi connectivity index (χ3n) is 2.78. The monoisotopic (exact) mass is 326 g/mol. The van der Waals surface area contributed by atoms with Crippen LogP contribution in [0.4, 0.5) is 0 Å². The highest BCUT2D eigenvalue weighted by atomic mass is 35.5. The maximum atomic E-state index is 6.26. The summed E-state index contributed by atoms with van der Waals surface area (Å²) in [5.41, 5.74) is 2.84. The lowest BCUT2D eigenvalue weighted by atomic mass is 10.0. The Balaban J connectivity index is 2.75. The molecule has 0 saturated carbocycles. The van der Waals surface area contributed by atoms with Crippen LogP contribution in [0.2, 0.25) is 10.0 Å². The standard InChI is InChI=1S/C14H12Cl2N2OS/c1-7-12(14(20)19-3)13(18-8(2)17-7)10-5-4-9(15)6-11(10)16/h4-6H,1-3H3. The molecule has 20 heavy (non-hydrogen) atoms. The summed E-state index contributed by atoms with van der Waals surface area (Å²) in [6, 6.07) is 5.24. The quantitative estimate of drug-likeness (QED) is 0.766. The number of rotatable bonds is 2. The number of nitrogens with zero attached hydrogens (tertiary/aromatic N) is 2. The second-order valence-electron chi connectivity index (χ2n) is 4.20. The van der Waals surface area contributed by atoms with Gasteiger partial charge in [0.05, 0.1) is 29.1 Å². The van der Waals surface area contributed by atoms with Gasteiger partial charge in [0.15, 0.2) is 5.05 Å². The van der Waals surface area contributed by atoms with E-state index >= 15 is 0 Å². The van der Waals surface area contributed by atoms with Crippen LogP contribution in [0.3, 0.4) is 0 Å². The molecule has 1 aromatic carbocycles. The van der Waals surface area contributed by atoms with E-state index in [-0.39, 0.29) is 0 Å². The van der Waals surface area contributed by atoms with Crippen LogP contribution in [0, 0.1) is 13.8 Å². The van der Waals surface area contributed by atoms with Gasteiger partial charge >= 0.3 is 0 Å². The van der Waals surface area contributed by atoms with Crippen molar-refractivity contribution < 1.29 is 4.74 Å². The first-order chi connectivity index (χ1) is 9.43. The molecule has 0 radical (unpaired) electrons. The highest BCUT2D eigenvalue weighted by Crippen LogP contribution is 2.32. The van der Waals surface area contributed by atoms with Crippen LogP contribution < -0.4 is 0 Å². The maximum absolute atomic E-state index is 6.26. The molecule has 0 N–H and O–H groups in total. The zero-order valence-electron chi connectivity index (χ0n) is 11.2. The van der Waals surface area contributed by atoms with Gasteiger partial charge in [-0.3, -0.25) is 0 Å². The number of methoxy groups -OCH3 is 1. The second kappa shape index (κ2) is 6.04. The maximum Gasteiger partial charge on any atom is 0.194 e. The van der Waals surface area contributed by atoms with Crippen molar-refractivity contribution in [1.82, 2.24) is 9.97 Å². The Kier molecular flexibility index (Phi) is 4.58. The summed E-state index contributed by atoms with van der Waals surface area (Å²) in [6.45, 7) is 3.68. The van der Waals surface area contributed by atoms with E-state index < -0.39 is 0 Å². The van der Waals surface area contributed by atoms with Gasteiger partial charge in [-0.05, 0) is 44.3 Å². The number of hydrogen-bond donors (Lipinski definition) is 0. The van der Waals surface area contributed by atoms with E-state index in [9.17, 15) is 0 Å². The fourth-order valence-corrected chi connectivity index (χ4v) is 2.68. The lowest BCUT2D eigenvalue weighted by molar-refractivity contribution is 0.415. The average Bonchev–Trinajstić information content (AvgIpc) is 2.37. The summed E-state index contributed by atoms with van der Waals surface area (Å²) in [6.07, 6.45) is 0. The average molecular weight is 327 g/mol. The largest absolute Gasteiger partial charge is 0.486 e. The fraction of sp³-hybridized carbons (Fsp3) is 0.214. The van der Waals surface area contributed by atoms with Crippen molar-refractivity contribution in [3.8, 4) is 11.3 Å². The molecule has 0 spiro atoms. The molecule has 1 heterocycles. The molecule has 104 valence electrons. The van der Waals surface area contributed by atoms with Gasteiger partial charge in [-0.25, -0.2) is 9.97 Å². The predicted octanol–water partition coefficient (Wildman–Crippen LogP) is 4.39. The van der Waals surface area contributed by atoms with Crippen LogP contribution in [0.25, 0.3) is 11.3 Å². The van der Waals surface area contributed by atoms with Crippen LogP contribution in [0.15, 0.2) is 18.2 Å². The van der Waals surface area contributed by atoms with Gasteiger partial charge in [-0.1, -0.05) is 23.2 Å². The molecule has 0 fully saturated rings. The summed E-state index contributed by atoms with van der Waals surface area (Å²) >= 11 is 17.4. The molecule has 2 rings (SSSR count). The molecule has 6 heteroatoms. The van der Waals surface area contributed by atoms with Gasteiger partial charge < -0.3 is 4.74 Å². The Hall–Kier alpha value is -1.23. The number of halogens is 2. The molecule has 0 bridgehead atoms. The molecule has 3 nitrogen and oxygen atoms in total. The van der Waals surface area contributed by atoms with Crippen LogP contribution in [-0.4, -0.2) is 22.1 Å². The van der Waals surface area contributed by atoms with E-state index in [1.54, 1.807) is 12.1 Å². The van der Waals surface area contributed by atoms with E-state index in [0.717, 1.165) is 11.3 Å². The van der Waals surface area contributed by atoms with E-state index in [1.165, 1.54) is 7.11 Å². The van der Waals surface area contributed by atoms with Gasteiger partial charge in [0.2, 0.25) is 0 Å². The van der Waals surface area contributed by atoms with Crippen molar-refractivity contribution in [2.75, 3.05) is 7.11 Å². The summed E-state index contributed by atoms with van der Waals surface area (Å²) in [5, 5.41) is 1.41. The molecular weight excluding hydrogens is 315 g/mol. The summed E-state index contributed by atoms with van der Waals surface area (Å²) in [5.74, 6) is 0.645.